The van der Waals surface area contributed by atoms with Crippen LogP contribution in [0.5, 0.6) is 5.75 Å². The molecule has 3 nitrogen and oxygen atoms in total. The molecule has 2 rings (SSSR count). The number of methoxy groups -OCH3 is 1. The SMILES string of the molecule is CN=Cc1cc(C)ccc1Pc1cc(C)cc(C)c1OCOC. The highest BCUT2D eigenvalue weighted by molar-refractivity contribution is 7.56. The number of benzene rings is 2. The lowest BCUT2D eigenvalue weighted by Crippen LogP contribution is -2.14. The second-order valence-corrected chi connectivity index (χ2v) is 6.94. The van der Waals surface area contributed by atoms with Crippen LogP contribution >= 0.6 is 8.58 Å². The quantitative estimate of drug-likeness (QED) is 0.463. The van der Waals surface area contributed by atoms with Crippen molar-refractivity contribution in [2.24, 2.45) is 4.99 Å². The molecule has 0 aliphatic heterocycles. The molecular formula is C19H24NO2P. The fraction of sp³-hybridized carbons (Fsp3) is 0.316. The Bertz CT molecular complexity index is 711. The minimum atomic E-state index is 0.262. The van der Waals surface area contributed by atoms with Crippen LogP contribution in [-0.4, -0.2) is 27.2 Å². The standard InChI is InChI=1S/C19H24NO2P/c1-13-6-7-17(16(9-13)11-20-4)23-18-10-14(2)8-15(3)19(18)22-12-21-5/h6-11,23H,12H2,1-5H3. The molecule has 1 atom stereocenters. The number of nitrogens with zero attached hydrogens (tertiary/aromatic N) is 1. The highest BCUT2D eigenvalue weighted by Gasteiger charge is 2.11. The van der Waals surface area contributed by atoms with Crippen LogP contribution < -0.4 is 15.3 Å². The summed E-state index contributed by atoms with van der Waals surface area (Å²) in [4.78, 5) is 4.18. The van der Waals surface area contributed by atoms with Crippen LogP contribution in [-0.2, 0) is 4.74 Å². The van der Waals surface area contributed by atoms with Crippen molar-refractivity contribution in [1.82, 2.24) is 0 Å². The number of rotatable bonds is 6. The molecule has 0 saturated carbocycles. The topological polar surface area (TPSA) is 30.8 Å². The molecule has 2 aromatic rings. The Morgan fingerprint density at radius 3 is 2.52 bits per heavy atom. The maximum Gasteiger partial charge on any atom is 0.188 e. The van der Waals surface area contributed by atoms with Crippen molar-refractivity contribution < 1.29 is 9.47 Å². The highest BCUT2D eigenvalue weighted by Crippen LogP contribution is 2.26. The largest absolute Gasteiger partial charge is 0.467 e. The van der Waals surface area contributed by atoms with E-state index in [-0.39, 0.29) is 6.79 Å². The fourth-order valence-electron chi connectivity index (χ4n) is 2.54. The third-order valence-electron chi connectivity index (χ3n) is 3.48. The molecule has 4 heteroatoms. The van der Waals surface area contributed by atoms with Crippen molar-refractivity contribution in [2.75, 3.05) is 21.0 Å². The van der Waals surface area contributed by atoms with Crippen molar-refractivity contribution in [3.63, 3.8) is 0 Å². The van der Waals surface area contributed by atoms with Gasteiger partial charge in [0.2, 0.25) is 0 Å². The molecule has 0 bridgehead atoms. The zero-order valence-electron chi connectivity index (χ0n) is 14.4. The molecule has 0 spiro atoms. The van der Waals surface area contributed by atoms with Crippen molar-refractivity contribution in [2.45, 2.75) is 20.8 Å². The van der Waals surface area contributed by atoms with Gasteiger partial charge in [0, 0.05) is 31.2 Å². The summed E-state index contributed by atoms with van der Waals surface area (Å²) in [5.74, 6) is 0.927. The summed E-state index contributed by atoms with van der Waals surface area (Å²) in [5.41, 5.74) is 4.79. The van der Waals surface area contributed by atoms with Gasteiger partial charge in [-0.3, -0.25) is 4.99 Å². The lowest BCUT2D eigenvalue weighted by molar-refractivity contribution is 0.0514. The lowest BCUT2D eigenvalue weighted by Gasteiger charge is -2.16. The zero-order chi connectivity index (χ0) is 16.8. The predicted molar refractivity (Wildman–Crippen MR) is 101 cm³/mol. The Morgan fingerprint density at radius 2 is 1.83 bits per heavy atom. The van der Waals surface area contributed by atoms with Crippen LogP contribution in [0.25, 0.3) is 0 Å². The van der Waals surface area contributed by atoms with Crippen molar-refractivity contribution in [3.8, 4) is 5.75 Å². The summed E-state index contributed by atoms with van der Waals surface area (Å²) >= 11 is 0. The van der Waals surface area contributed by atoms with Gasteiger partial charge in [-0.15, -0.1) is 0 Å². The van der Waals surface area contributed by atoms with E-state index < -0.39 is 0 Å². The molecule has 0 N–H and O–H groups in total. The lowest BCUT2D eigenvalue weighted by atomic mass is 10.1. The Morgan fingerprint density at radius 1 is 1.04 bits per heavy atom. The van der Waals surface area contributed by atoms with Gasteiger partial charge in [0.15, 0.2) is 6.79 Å². The van der Waals surface area contributed by atoms with Crippen LogP contribution in [0.4, 0.5) is 0 Å². The second-order valence-electron chi connectivity index (χ2n) is 5.61. The van der Waals surface area contributed by atoms with Gasteiger partial charge >= 0.3 is 0 Å². The Hall–Kier alpha value is -1.70. The molecule has 0 aliphatic rings. The average Bonchev–Trinajstić information content (AvgIpc) is 2.49. The molecule has 0 aromatic heterocycles. The monoisotopic (exact) mass is 329 g/mol. The van der Waals surface area contributed by atoms with E-state index in [1.54, 1.807) is 14.2 Å². The van der Waals surface area contributed by atoms with Gasteiger partial charge in [-0.1, -0.05) is 32.3 Å². The molecule has 23 heavy (non-hydrogen) atoms. The number of hydrogen-bond acceptors (Lipinski definition) is 3. The second kappa shape index (κ2) is 8.24. The van der Waals surface area contributed by atoms with Crippen molar-refractivity contribution in [3.05, 3.63) is 52.6 Å². The smallest absolute Gasteiger partial charge is 0.188 e. The molecule has 0 saturated heterocycles. The van der Waals surface area contributed by atoms with E-state index in [0.717, 1.165) is 11.3 Å². The van der Waals surface area contributed by atoms with Gasteiger partial charge in [0.25, 0.3) is 0 Å². The molecule has 0 radical (unpaired) electrons. The van der Waals surface area contributed by atoms with Crippen LogP contribution in [0, 0.1) is 20.8 Å². The van der Waals surface area contributed by atoms with Crippen LogP contribution in [0.2, 0.25) is 0 Å². The summed E-state index contributed by atoms with van der Waals surface area (Å²) in [7, 11) is 3.96. The molecule has 1 unspecified atom stereocenters. The van der Waals surface area contributed by atoms with E-state index in [0.29, 0.717) is 8.58 Å². The normalized spacial score (nSPS) is 11.7. The molecule has 0 amide bonds. The van der Waals surface area contributed by atoms with Gasteiger partial charge in [0.1, 0.15) is 5.75 Å². The van der Waals surface area contributed by atoms with Gasteiger partial charge in [0.05, 0.1) is 0 Å². The summed E-state index contributed by atoms with van der Waals surface area (Å²) < 4.78 is 10.9. The van der Waals surface area contributed by atoms with Crippen molar-refractivity contribution >= 4 is 25.4 Å². The minimum Gasteiger partial charge on any atom is -0.467 e. The first kappa shape index (κ1) is 17.7. The van der Waals surface area contributed by atoms with E-state index in [1.165, 1.54) is 27.3 Å². The first-order valence-corrected chi connectivity index (χ1v) is 8.58. The Balaban J connectivity index is 2.43. The van der Waals surface area contributed by atoms with E-state index in [9.17, 15) is 0 Å². The summed E-state index contributed by atoms with van der Waals surface area (Å²) in [6.45, 7) is 6.56. The third kappa shape index (κ3) is 4.63. The first-order valence-electron chi connectivity index (χ1n) is 7.58. The zero-order valence-corrected chi connectivity index (χ0v) is 15.4. The summed E-state index contributed by atoms with van der Waals surface area (Å²) in [6.07, 6.45) is 1.92. The van der Waals surface area contributed by atoms with Gasteiger partial charge < -0.3 is 9.47 Å². The molecule has 0 aliphatic carbocycles. The third-order valence-corrected chi connectivity index (χ3v) is 4.85. The van der Waals surface area contributed by atoms with E-state index >= 15 is 0 Å². The van der Waals surface area contributed by atoms with Crippen molar-refractivity contribution in [1.29, 1.82) is 0 Å². The highest BCUT2D eigenvalue weighted by atomic mass is 31.1. The fourth-order valence-corrected chi connectivity index (χ4v) is 3.96. The van der Waals surface area contributed by atoms with Gasteiger partial charge in [-0.2, -0.15) is 0 Å². The minimum absolute atomic E-state index is 0.262. The van der Waals surface area contributed by atoms with Crippen LogP contribution in [0.3, 0.4) is 0 Å². The molecule has 0 fully saturated rings. The molecular weight excluding hydrogens is 305 g/mol. The molecule has 122 valence electrons. The predicted octanol–water partition coefficient (Wildman–Crippen LogP) is 3.27. The van der Waals surface area contributed by atoms with Crippen LogP contribution in [0.1, 0.15) is 22.3 Å². The Kier molecular flexibility index (Phi) is 6.32. The number of aliphatic imine (C=N–C) groups is 1. The maximum atomic E-state index is 5.82. The van der Waals surface area contributed by atoms with Gasteiger partial charge in [-0.05, 0) is 49.3 Å². The maximum absolute atomic E-state index is 5.82. The Labute approximate surface area is 140 Å². The van der Waals surface area contributed by atoms with Gasteiger partial charge in [-0.25, -0.2) is 0 Å². The summed E-state index contributed by atoms with van der Waals surface area (Å²) in [6, 6.07) is 10.8. The number of hydrogen-bond donors (Lipinski definition) is 0. The van der Waals surface area contributed by atoms with E-state index in [2.05, 4.69) is 56.1 Å². The van der Waals surface area contributed by atoms with E-state index in [1.807, 2.05) is 6.21 Å². The number of aryl methyl sites for hydroxylation is 3. The van der Waals surface area contributed by atoms with Crippen LogP contribution in [0.15, 0.2) is 35.3 Å². The first-order chi connectivity index (χ1) is 11.0. The number of ether oxygens (including phenoxy) is 2. The van der Waals surface area contributed by atoms with E-state index in [4.69, 9.17) is 9.47 Å². The summed E-state index contributed by atoms with van der Waals surface area (Å²) in [5, 5.41) is 2.47. The molecule has 2 aromatic carbocycles. The average molecular weight is 329 g/mol. The molecule has 0 heterocycles.